The molecule has 0 atom stereocenters. The summed E-state index contributed by atoms with van der Waals surface area (Å²) < 4.78 is 5.18. The van der Waals surface area contributed by atoms with Crippen LogP contribution >= 0.6 is 11.3 Å². The number of carbonyl (C=O) groups excluding carboxylic acids is 1. The van der Waals surface area contributed by atoms with Crippen LogP contribution in [0.5, 0.6) is 5.75 Å². The van der Waals surface area contributed by atoms with Crippen molar-refractivity contribution in [2.75, 3.05) is 20.2 Å². The van der Waals surface area contributed by atoms with Crippen molar-refractivity contribution >= 4 is 22.9 Å². The first kappa shape index (κ1) is 16.5. The maximum absolute atomic E-state index is 12.2. The number of thiazole rings is 1. The molecular formula is C18H21N3O2S. The minimum atomic E-state index is -0.0364. The molecule has 6 heteroatoms. The van der Waals surface area contributed by atoms with Crippen LogP contribution in [0.2, 0.25) is 0 Å². The van der Waals surface area contributed by atoms with Crippen molar-refractivity contribution in [1.82, 2.24) is 15.2 Å². The van der Waals surface area contributed by atoms with E-state index in [4.69, 9.17) is 4.74 Å². The monoisotopic (exact) mass is 343 g/mol. The number of amides is 2. The van der Waals surface area contributed by atoms with Crippen molar-refractivity contribution in [1.29, 1.82) is 0 Å². The van der Waals surface area contributed by atoms with Crippen LogP contribution in [0.4, 0.5) is 4.79 Å². The zero-order chi connectivity index (χ0) is 16.9. The van der Waals surface area contributed by atoms with Gasteiger partial charge in [0.1, 0.15) is 5.75 Å². The summed E-state index contributed by atoms with van der Waals surface area (Å²) >= 11 is 1.60. The third-order valence-corrected chi connectivity index (χ3v) is 4.87. The highest BCUT2D eigenvalue weighted by molar-refractivity contribution is 7.09. The highest BCUT2D eigenvalue weighted by atomic mass is 32.1. The molecule has 0 bridgehead atoms. The smallest absolute Gasteiger partial charge is 0.318 e. The number of ether oxygens (including phenoxy) is 1. The molecule has 1 aliphatic heterocycles. The molecule has 1 aromatic heterocycles. The Kier molecular flexibility index (Phi) is 5.15. The van der Waals surface area contributed by atoms with E-state index in [0.717, 1.165) is 29.4 Å². The van der Waals surface area contributed by atoms with Gasteiger partial charge in [-0.25, -0.2) is 9.78 Å². The molecule has 2 amide bonds. The second-order valence-electron chi connectivity index (χ2n) is 5.67. The molecule has 0 unspecified atom stereocenters. The maximum atomic E-state index is 12.2. The fraction of sp³-hybridized carbons (Fsp3) is 0.333. The van der Waals surface area contributed by atoms with Crippen LogP contribution < -0.4 is 10.1 Å². The normalized spacial score (nSPS) is 14.2. The van der Waals surface area contributed by atoms with Crippen LogP contribution in [0.15, 0.2) is 35.7 Å². The van der Waals surface area contributed by atoms with Crippen LogP contribution in [0, 0.1) is 6.92 Å². The quantitative estimate of drug-likeness (QED) is 0.925. The molecule has 0 saturated heterocycles. The summed E-state index contributed by atoms with van der Waals surface area (Å²) in [4.78, 5) is 18.4. The number of hydrogen-bond acceptors (Lipinski definition) is 4. The minimum absolute atomic E-state index is 0.0364. The predicted octanol–water partition coefficient (Wildman–Crippen LogP) is 3.46. The maximum Gasteiger partial charge on any atom is 0.318 e. The lowest BCUT2D eigenvalue weighted by Gasteiger charge is -2.26. The Hall–Kier alpha value is -2.34. The highest BCUT2D eigenvalue weighted by Crippen LogP contribution is 2.24. The van der Waals surface area contributed by atoms with E-state index in [1.165, 1.54) is 11.1 Å². The number of methoxy groups -OCH3 is 1. The van der Waals surface area contributed by atoms with Crippen LogP contribution in [-0.4, -0.2) is 36.1 Å². The number of aromatic nitrogens is 1. The summed E-state index contributed by atoms with van der Waals surface area (Å²) in [7, 11) is 1.66. The summed E-state index contributed by atoms with van der Waals surface area (Å²) in [6, 6.07) is 8.01. The molecule has 0 fully saturated rings. The van der Waals surface area contributed by atoms with Crippen molar-refractivity contribution < 1.29 is 9.53 Å². The molecular weight excluding hydrogens is 322 g/mol. The first-order valence-corrected chi connectivity index (χ1v) is 8.81. The Morgan fingerprint density at radius 3 is 2.75 bits per heavy atom. The van der Waals surface area contributed by atoms with Crippen molar-refractivity contribution in [3.8, 4) is 5.75 Å². The Bertz CT molecular complexity index is 737. The molecule has 0 radical (unpaired) electrons. The molecule has 3 rings (SSSR count). The number of benzene rings is 1. The second-order valence-corrected chi connectivity index (χ2v) is 6.73. The number of aryl methyl sites for hydroxylation is 1. The number of hydrogen-bond donors (Lipinski definition) is 1. The van der Waals surface area contributed by atoms with E-state index in [-0.39, 0.29) is 6.03 Å². The van der Waals surface area contributed by atoms with E-state index >= 15 is 0 Å². The summed E-state index contributed by atoms with van der Waals surface area (Å²) in [6.45, 7) is 3.80. The lowest BCUT2D eigenvalue weighted by molar-refractivity contribution is 0.202. The minimum Gasteiger partial charge on any atom is -0.497 e. The van der Waals surface area contributed by atoms with Crippen molar-refractivity contribution in [2.45, 2.75) is 19.9 Å². The third kappa shape index (κ3) is 3.94. The second kappa shape index (κ2) is 7.49. The number of nitrogens with zero attached hydrogens (tertiary/aromatic N) is 2. The SMILES string of the molecule is COc1ccc(C2=CCN(C(=O)NCc3csc(C)n3)CC2)cc1. The molecule has 24 heavy (non-hydrogen) atoms. The largest absolute Gasteiger partial charge is 0.497 e. The Labute approximate surface area is 146 Å². The van der Waals surface area contributed by atoms with Gasteiger partial charge in [-0.2, -0.15) is 0 Å². The van der Waals surface area contributed by atoms with Gasteiger partial charge in [-0.15, -0.1) is 11.3 Å². The third-order valence-electron chi connectivity index (χ3n) is 4.04. The van der Waals surface area contributed by atoms with Gasteiger partial charge in [-0.1, -0.05) is 18.2 Å². The van der Waals surface area contributed by atoms with E-state index in [2.05, 4.69) is 28.5 Å². The molecule has 0 spiro atoms. The van der Waals surface area contributed by atoms with Gasteiger partial charge in [0.05, 0.1) is 24.4 Å². The molecule has 1 aliphatic rings. The zero-order valence-electron chi connectivity index (χ0n) is 13.9. The molecule has 2 heterocycles. The van der Waals surface area contributed by atoms with Gasteiger partial charge in [0.25, 0.3) is 0 Å². The zero-order valence-corrected chi connectivity index (χ0v) is 14.7. The standard InChI is InChI=1S/C18H21N3O2S/c1-13-20-16(12-24-13)11-19-18(22)21-9-7-15(8-10-21)14-3-5-17(23-2)6-4-14/h3-7,12H,8-11H2,1-2H3,(H,19,22). The van der Waals surface area contributed by atoms with Gasteiger partial charge in [0.2, 0.25) is 0 Å². The number of rotatable bonds is 4. The number of carbonyl (C=O) groups is 1. The molecule has 2 aromatic rings. The predicted molar refractivity (Wildman–Crippen MR) is 96.2 cm³/mol. The summed E-state index contributed by atoms with van der Waals surface area (Å²) in [5.74, 6) is 0.855. The topological polar surface area (TPSA) is 54.5 Å². The lowest BCUT2D eigenvalue weighted by Crippen LogP contribution is -2.41. The fourth-order valence-corrected chi connectivity index (χ4v) is 3.30. The Morgan fingerprint density at radius 1 is 1.38 bits per heavy atom. The summed E-state index contributed by atoms with van der Waals surface area (Å²) in [6.07, 6.45) is 2.98. The van der Waals surface area contributed by atoms with E-state index < -0.39 is 0 Å². The number of urea groups is 1. The average Bonchev–Trinajstić information content (AvgIpc) is 3.05. The van der Waals surface area contributed by atoms with Gasteiger partial charge >= 0.3 is 6.03 Å². The van der Waals surface area contributed by atoms with Crippen LogP contribution in [0.1, 0.15) is 22.7 Å². The fourth-order valence-electron chi connectivity index (χ4n) is 2.69. The van der Waals surface area contributed by atoms with Gasteiger partial charge in [-0.05, 0) is 36.6 Å². The Morgan fingerprint density at radius 2 is 2.17 bits per heavy atom. The van der Waals surface area contributed by atoms with Gasteiger partial charge in [-0.3, -0.25) is 0 Å². The summed E-state index contributed by atoms with van der Waals surface area (Å²) in [5, 5.41) is 5.93. The average molecular weight is 343 g/mol. The highest BCUT2D eigenvalue weighted by Gasteiger charge is 2.17. The van der Waals surface area contributed by atoms with E-state index in [1.54, 1.807) is 18.4 Å². The molecule has 0 aliphatic carbocycles. The van der Waals surface area contributed by atoms with Gasteiger partial charge in [0.15, 0.2) is 0 Å². The summed E-state index contributed by atoms with van der Waals surface area (Å²) in [5.41, 5.74) is 3.38. The number of nitrogens with one attached hydrogen (secondary N) is 1. The lowest BCUT2D eigenvalue weighted by atomic mass is 9.99. The molecule has 5 nitrogen and oxygen atoms in total. The molecule has 0 saturated carbocycles. The van der Waals surface area contributed by atoms with Gasteiger partial charge < -0.3 is 15.0 Å². The van der Waals surface area contributed by atoms with Crippen LogP contribution in [0.3, 0.4) is 0 Å². The van der Waals surface area contributed by atoms with E-state index in [9.17, 15) is 4.79 Å². The van der Waals surface area contributed by atoms with Crippen LogP contribution in [-0.2, 0) is 6.54 Å². The van der Waals surface area contributed by atoms with Crippen LogP contribution in [0.25, 0.3) is 5.57 Å². The first-order valence-electron chi connectivity index (χ1n) is 7.93. The van der Waals surface area contributed by atoms with Crippen molar-refractivity contribution in [3.05, 3.63) is 52.0 Å². The van der Waals surface area contributed by atoms with Crippen molar-refractivity contribution in [2.24, 2.45) is 0 Å². The molecule has 126 valence electrons. The van der Waals surface area contributed by atoms with E-state index in [0.29, 0.717) is 13.1 Å². The van der Waals surface area contributed by atoms with E-state index in [1.807, 2.05) is 29.3 Å². The van der Waals surface area contributed by atoms with Crippen molar-refractivity contribution in [3.63, 3.8) is 0 Å². The molecule has 1 aromatic carbocycles. The Balaban J connectivity index is 1.54. The molecule has 1 N–H and O–H groups in total. The van der Waals surface area contributed by atoms with Gasteiger partial charge in [0, 0.05) is 18.5 Å². The first-order chi connectivity index (χ1) is 11.7.